The second-order valence-corrected chi connectivity index (χ2v) is 5.17. The van der Waals surface area contributed by atoms with Crippen molar-refractivity contribution >= 4 is 0 Å². The van der Waals surface area contributed by atoms with Gasteiger partial charge in [0.15, 0.2) is 0 Å². The van der Waals surface area contributed by atoms with Crippen LogP contribution in [0.4, 0.5) is 0 Å². The van der Waals surface area contributed by atoms with E-state index in [1.165, 1.54) is 25.7 Å². The fourth-order valence-corrected chi connectivity index (χ4v) is 2.90. The smallest absolute Gasteiger partial charge is 0.228 e. The van der Waals surface area contributed by atoms with Crippen LogP contribution in [0.3, 0.4) is 0 Å². The molecule has 3 rings (SSSR count). The molecular weight excluding hydrogens is 242 g/mol. The van der Waals surface area contributed by atoms with E-state index in [1.54, 1.807) is 12.5 Å². The molecule has 0 radical (unpaired) electrons. The Kier molecular flexibility index (Phi) is 3.64. The number of nitrogens with one attached hydrogen (secondary N) is 1. The van der Waals surface area contributed by atoms with Crippen LogP contribution in [0.15, 0.2) is 27.5 Å². The average molecular weight is 261 g/mol. The number of furan rings is 1. The largest absolute Gasteiger partial charge is 0.472 e. The van der Waals surface area contributed by atoms with Crippen molar-refractivity contribution in [3.05, 3.63) is 24.5 Å². The lowest BCUT2D eigenvalue weighted by Gasteiger charge is -2.20. The van der Waals surface area contributed by atoms with Crippen LogP contribution in [0.25, 0.3) is 11.4 Å². The van der Waals surface area contributed by atoms with Crippen molar-refractivity contribution in [3.63, 3.8) is 0 Å². The van der Waals surface area contributed by atoms with Crippen molar-refractivity contribution in [2.45, 2.75) is 38.1 Å². The minimum Gasteiger partial charge on any atom is -0.472 e. The van der Waals surface area contributed by atoms with Crippen molar-refractivity contribution in [1.82, 2.24) is 15.5 Å². The second kappa shape index (κ2) is 5.57. The van der Waals surface area contributed by atoms with E-state index in [9.17, 15) is 0 Å². The van der Waals surface area contributed by atoms with E-state index in [-0.39, 0.29) is 0 Å². The van der Waals surface area contributed by atoms with Gasteiger partial charge in [-0.05, 0) is 31.9 Å². The van der Waals surface area contributed by atoms with Crippen LogP contribution in [-0.4, -0.2) is 23.2 Å². The maximum atomic E-state index is 5.34. The zero-order valence-electron chi connectivity index (χ0n) is 11.1. The van der Waals surface area contributed by atoms with Gasteiger partial charge in [-0.1, -0.05) is 18.0 Å². The van der Waals surface area contributed by atoms with E-state index in [2.05, 4.69) is 15.5 Å². The first-order valence-corrected chi connectivity index (χ1v) is 6.89. The molecular formula is C14H19N3O2. The Morgan fingerprint density at radius 3 is 2.95 bits per heavy atom. The predicted octanol–water partition coefficient (Wildman–Crippen LogP) is 2.65. The highest BCUT2D eigenvalue weighted by atomic mass is 16.5. The second-order valence-electron chi connectivity index (χ2n) is 5.17. The first-order chi connectivity index (χ1) is 9.36. The van der Waals surface area contributed by atoms with Crippen LogP contribution in [-0.2, 0) is 6.42 Å². The highest BCUT2D eigenvalue weighted by Gasteiger charge is 2.25. The van der Waals surface area contributed by atoms with Gasteiger partial charge in [0.25, 0.3) is 0 Å². The number of rotatable bonds is 5. The van der Waals surface area contributed by atoms with Crippen molar-refractivity contribution < 1.29 is 8.94 Å². The quantitative estimate of drug-likeness (QED) is 0.896. The standard InChI is InChI=1S/C14H19N3O2/c1-15-12(10-4-2-3-5-10)8-13-16-14(17-19-13)11-6-7-18-9-11/h6-7,9-10,12,15H,2-5,8H2,1H3. The molecule has 0 bridgehead atoms. The topological polar surface area (TPSA) is 64.1 Å². The summed E-state index contributed by atoms with van der Waals surface area (Å²) < 4.78 is 10.4. The molecule has 0 aliphatic heterocycles. The molecule has 1 atom stereocenters. The van der Waals surface area contributed by atoms with E-state index in [4.69, 9.17) is 8.94 Å². The fourth-order valence-electron chi connectivity index (χ4n) is 2.90. The predicted molar refractivity (Wildman–Crippen MR) is 70.5 cm³/mol. The van der Waals surface area contributed by atoms with Crippen molar-refractivity contribution in [2.24, 2.45) is 5.92 Å². The van der Waals surface area contributed by atoms with E-state index in [1.807, 2.05) is 13.1 Å². The van der Waals surface area contributed by atoms with Gasteiger partial charge >= 0.3 is 0 Å². The minimum absolute atomic E-state index is 0.431. The molecule has 0 saturated heterocycles. The summed E-state index contributed by atoms with van der Waals surface area (Å²) in [5.74, 6) is 2.03. The summed E-state index contributed by atoms with van der Waals surface area (Å²) in [6, 6.07) is 2.27. The maximum absolute atomic E-state index is 5.34. The fraction of sp³-hybridized carbons (Fsp3) is 0.571. The molecule has 1 saturated carbocycles. The summed E-state index contributed by atoms with van der Waals surface area (Å²) in [5, 5.41) is 7.39. The van der Waals surface area contributed by atoms with Crippen LogP contribution in [0.5, 0.6) is 0 Å². The first kappa shape index (κ1) is 12.4. The van der Waals surface area contributed by atoms with E-state index >= 15 is 0 Å². The lowest BCUT2D eigenvalue weighted by molar-refractivity contribution is 0.318. The van der Waals surface area contributed by atoms with E-state index in [0.29, 0.717) is 17.8 Å². The Bertz CT molecular complexity index is 501. The number of aromatic nitrogens is 2. The van der Waals surface area contributed by atoms with Gasteiger partial charge in [0.05, 0.1) is 11.8 Å². The zero-order chi connectivity index (χ0) is 13.1. The molecule has 2 aromatic rings. The third-order valence-electron chi connectivity index (χ3n) is 3.98. The molecule has 19 heavy (non-hydrogen) atoms. The Hall–Kier alpha value is -1.62. The summed E-state index contributed by atoms with van der Waals surface area (Å²) >= 11 is 0. The Balaban J connectivity index is 1.68. The molecule has 1 fully saturated rings. The van der Waals surface area contributed by atoms with Gasteiger partial charge in [-0.25, -0.2) is 0 Å². The van der Waals surface area contributed by atoms with Crippen molar-refractivity contribution in [2.75, 3.05) is 7.05 Å². The summed E-state index contributed by atoms with van der Waals surface area (Å²) in [6.45, 7) is 0. The lowest BCUT2D eigenvalue weighted by Crippen LogP contribution is -2.34. The molecule has 1 unspecified atom stereocenters. The Labute approximate surface area is 112 Å². The summed E-state index contributed by atoms with van der Waals surface area (Å²) in [4.78, 5) is 4.43. The number of likely N-dealkylation sites (N-methyl/N-ethyl adjacent to an activating group) is 1. The van der Waals surface area contributed by atoms with Crippen LogP contribution in [0, 0.1) is 5.92 Å². The van der Waals surface area contributed by atoms with Crippen molar-refractivity contribution in [3.8, 4) is 11.4 Å². The monoisotopic (exact) mass is 261 g/mol. The number of hydrogen-bond acceptors (Lipinski definition) is 5. The average Bonchev–Trinajstić information content (AvgIpc) is 3.15. The van der Waals surface area contributed by atoms with Gasteiger partial charge in [-0.15, -0.1) is 0 Å². The molecule has 5 nitrogen and oxygen atoms in total. The molecule has 102 valence electrons. The molecule has 0 aromatic carbocycles. The van der Waals surface area contributed by atoms with Gasteiger partial charge in [0, 0.05) is 12.5 Å². The van der Waals surface area contributed by atoms with E-state index in [0.717, 1.165) is 17.9 Å². The molecule has 2 aromatic heterocycles. The Morgan fingerprint density at radius 1 is 1.42 bits per heavy atom. The molecule has 0 spiro atoms. The highest BCUT2D eigenvalue weighted by Crippen LogP contribution is 2.29. The van der Waals surface area contributed by atoms with Gasteiger partial charge in [-0.3, -0.25) is 0 Å². The molecule has 5 heteroatoms. The molecule has 1 aliphatic rings. The molecule has 2 heterocycles. The number of nitrogens with zero attached hydrogens (tertiary/aromatic N) is 2. The summed E-state index contributed by atoms with van der Waals surface area (Å²) in [6.07, 6.45) is 9.32. The van der Waals surface area contributed by atoms with Gasteiger partial charge in [-0.2, -0.15) is 4.98 Å². The van der Waals surface area contributed by atoms with Crippen LogP contribution in [0.2, 0.25) is 0 Å². The normalized spacial score (nSPS) is 17.9. The maximum Gasteiger partial charge on any atom is 0.228 e. The SMILES string of the molecule is CNC(Cc1nc(-c2ccoc2)no1)C1CCCC1. The molecule has 1 N–H and O–H groups in total. The zero-order valence-corrected chi connectivity index (χ0v) is 11.1. The van der Waals surface area contributed by atoms with Gasteiger partial charge in [0.2, 0.25) is 11.7 Å². The summed E-state index contributed by atoms with van der Waals surface area (Å²) in [5.41, 5.74) is 0.858. The third kappa shape index (κ3) is 2.71. The van der Waals surface area contributed by atoms with E-state index < -0.39 is 0 Å². The van der Waals surface area contributed by atoms with Gasteiger partial charge in [0.1, 0.15) is 6.26 Å². The molecule has 1 aliphatic carbocycles. The molecule has 0 amide bonds. The third-order valence-corrected chi connectivity index (χ3v) is 3.98. The van der Waals surface area contributed by atoms with Crippen LogP contribution in [0.1, 0.15) is 31.6 Å². The van der Waals surface area contributed by atoms with Crippen LogP contribution >= 0.6 is 0 Å². The first-order valence-electron chi connectivity index (χ1n) is 6.89. The summed E-state index contributed by atoms with van der Waals surface area (Å²) in [7, 11) is 2.01. The highest BCUT2D eigenvalue weighted by molar-refractivity contribution is 5.51. The number of hydrogen-bond donors (Lipinski definition) is 1. The van der Waals surface area contributed by atoms with Crippen molar-refractivity contribution in [1.29, 1.82) is 0 Å². The Morgan fingerprint density at radius 2 is 2.26 bits per heavy atom. The lowest BCUT2D eigenvalue weighted by atomic mass is 9.95. The van der Waals surface area contributed by atoms with Gasteiger partial charge < -0.3 is 14.3 Å². The minimum atomic E-state index is 0.431. The van der Waals surface area contributed by atoms with Crippen LogP contribution < -0.4 is 5.32 Å².